The predicted molar refractivity (Wildman–Crippen MR) is 93.1 cm³/mol. The highest BCUT2D eigenvalue weighted by Crippen LogP contribution is 2.39. The Balaban J connectivity index is 2.01. The molecule has 1 amide bonds. The number of hydrogen-bond donors (Lipinski definition) is 0. The minimum Gasteiger partial charge on any atom is -0.273 e. The van der Waals surface area contributed by atoms with Gasteiger partial charge in [-0.05, 0) is 24.5 Å². The minimum atomic E-state index is -0.418. The lowest BCUT2D eigenvalue weighted by atomic mass is 9.85. The SMILES string of the molecule is CCCC(=O)N1N=C(c2ccccc2)CC1(C)c1ccccc1. The van der Waals surface area contributed by atoms with Crippen LogP contribution in [0.4, 0.5) is 0 Å². The van der Waals surface area contributed by atoms with Crippen LogP contribution in [0.2, 0.25) is 0 Å². The number of rotatable bonds is 4. The Morgan fingerprint density at radius 3 is 2.30 bits per heavy atom. The van der Waals surface area contributed by atoms with Crippen molar-refractivity contribution in [2.24, 2.45) is 5.10 Å². The molecule has 1 atom stereocenters. The van der Waals surface area contributed by atoms with Gasteiger partial charge in [-0.2, -0.15) is 5.10 Å². The number of nitrogens with zero attached hydrogens (tertiary/aromatic N) is 2. The lowest BCUT2D eigenvalue weighted by Crippen LogP contribution is -2.41. The van der Waals surface area contributed by atoms with E-state index in [1.54, 1.807) is 5.01 Å². The summed E-state index contributed by atoms with van der Waals surface area (Å²) in [7, 11) is 0. The molecule has 2 aromatic carbocycles. The second kappa shape index (κ2) is 6.37. The second-order valence-corrected chi connectivity index (χ2v) is 6.18. The standard InChI is InChI=1S/C20H22N2O/c1-3-10-19(23)22-20(2,17-13-8-5-9-14-17)15-18(21-22)16-11-6-4-7-12-16/h4-9,11-14H,3,10,15H2,1-2H3. The molecule has 3 rings (SSSR count). The van der Waals surface area contributed by atoms with Gasteiger partial charge in [0.15, 0.2) is 0 Å². The van der Waals surface area contributed by atoms with E-state index in [0.717, 1.165) is 29.7 Å². The van der Waals surface area contributed by atoms with E-state index in [4.69, 9.17) is 5.10 Å². The summed E-state index contributed by atoms with van der Waals surface area (Å²) in [5, 5.41) is 6.41. The van der Waals surface area contributed by atoms with Crippen molar-refractivity contribution < 1.29 is 4.79 Å². The van der Waals surface area contributed by atoms with E-state index in [-0.39, 0.29) is 5.91 Å². The van der Waals surface area contributed by atoms with Crippen molar-refractivity contribution in [2.45, 2.75) is 38.6 Å². The topological polar surface area (TPSA) is 32.7 Å². The van der Waals surface area contributed by atoms with Gasteiger partial charge in [0.1, 0.15) is 0 Å². The van der Waals surface area contributed by atoms with Gasteiger partial charge in [0.2, 0.25) is 5.91 Å². The normalized spacial score (nSPS) is 20.4. The van der Waals surface area contributed by atoms with Crippen LogP contribution in [0, 0.1) is 0 Å². The van der Waals surface area contributed by atoms with Crippen molar-refractivity contribution in [2.75, 3.05) is 0 Å². The first-order chi connectivity index (χ1) is 11.1. The van der Waals surface area contributed by atoms with E-state index >= 15 is 0 Å². The predicted octanol–water partition coefficient (Wildman–Crippen LogP) is 4.34. The highest BCUT2D eigenvalue weighted by atomic mass is 16.2. The zero-order chi connectivity index (χ0) is 16.3. The summed E-state index contributed by atoms with van der Waals surface area (Å²) in [5.74, 6) is 0.0878. The summed E-state index contributed by atoms with van der Waals surface area (Å²) in [6.45, 7) is 4.13. The molecule has 0 spiro atoms. The van der Waals surface area contributed by atoms with E-state index in [1.165, 1.54) is 0 Å². The molecule has 118 valence electrons. The molecule has 0 radical (unpaired) electrons. The molecule has 1 aliphatic heterocycles. The molecule has 1 aliphatic rings. The Hall–Kier alpha value is -2.42. The quantitative estimate of drug-likeness (QED) is 0.827. The Kier molecular flexibility index (Phi) is 4.28. The van der Waals surface area contributed by atoms with Crippen LogP contribution in [0.25, 0.3) is 0 Å². The fraction of sp³-hybridized carbons (Fsp3) is 0.300. The van der Waals surface area contributed by atoms with Gasteiger partial charge in [-0.3, -0.25) is 4.79 Å². The molecule has 1 unspecified atom stereocenters. The lowest BCUT2D eigenvalue weighted by Gasteiger charge is -2.33. The van der Waals surface area contributed by atoms with Gasteiger partial charge in [-0.1, -0.05) is 67.6 Å². The van der Waals surface area contributed by atoms with Gasteiger partial charge in [-0.25, -0.2) is 5.01 Å². The van der Waals surface area contributed by atoms with Crippen molar-refractivity contribution in [3.8, 4) is 0 Å². The van der Waals surface area contributed by atoms with Gasteiger partial charge in [0, 0.05) is 12.8 Å². The molecule has 2 aromatic rings. The smallest absolute Gasteiger partial charge is 0.243 e. The molecule has 0 saturated heterocycles. The third kappa shape index (κ3) is 2.91. The van der Waals surface area contributed by atoms with Gasteiger partial charge in [0.25, 0.3) is 0 Å². The maximum Gasteiger partial charge on any atom is 0.243 e. The van der Waals surface area contributed by atoms with Crippen molar-refractivity contribution in [3.05, 3.63) is 71.8 Å². The molecular weight excluding hydrogens is 284 g/mol. The number of amides is 1. The van der Waals surface area contributed by atoms with Crippen LogP contribution < -0.4 is 0 Å². The second-order valence-electron chi connectivity index (χ2n) is 6.18. The van der Waals surface area contributed by atoms with Crippen LogP contribution in [0.15, 0.2) is 65.8 Å². The Morgan fingerprint density at radius 1 is 1.09 bits per heavy atom. The molecular formula is C20H22N2O. The van der Waals surface area contributed by atoms with Crippen LogP contribution in [-0.4, -0.2) is 16.6 Å². The fourth-order valence-corrected chi connectivity index (χ4v) is 3.13. The van der Waals surface area contributed by atoms with E-state index in [2.05, 4.69) is 31.2 Å². The zero-order valence-corrected chi connectivity index (χ0v) is 13.7. The van der Waals surface area contributed by atoms with E-state index in [9.17, 15) is 4.79 Å². The van der Waals surface area contributed by atoms with E-state index in [0.29, 0.717) is 6.42 Å². The van der Waals surface area contributed by atoms with Crippen molar-refractivity contribution in [1.29, 1.82) is 0 Å². The molecule has 0 aliphatic carbocycles. The average molecular weight is 306 g/mol. The zero-order valence-electron chi connectivity index (χ0n) is 13.7. The summed E-state index contributed by atoms with van der Waals surface area (Å²) in [5.41, 5.74) is 2.76. The van der Waals surface area contributed by atoms with Gasteiger partial charge in [0.05, 0.1) is 11.3 Å². The molecule has 0 aromatic heterocycles. The monoisotopic (exact) mass is 306 g/mol. The van der Waals surface area contributed by atoms with E-state index < -0.39 is 5.54 Å². The van der Waals surface area contributed by atoms with Gasteiger partial charge < -0.3 is 0 Å². The van der Waals surface area contributed by atoms with Crippen LogP contribution in [0.5, 0.6) is 0 Å². The summed E-state index contributed by atoms with van der Waals surface area (Å²) in [6.07, 6.45) is 2.08. The van der Waals surface area contributed by atoms with Crippen LogP contribution in [0.1, 0.15) is 44.2 Å². The first-order valence-electron chi connectivity index (χ1n) is 8.16. The van der Waals surface area contributed by atoms with Crippen LogP contribution >= 0.6 is 0 Å². The number of benzene rings is 2. The summed E-state index contributed by atoms with van der Waals surface area (Å²) in [6, 6.07) is 20.3. The Labute approximate surface area is 137 Å². The molecule has 3 heteroatoms. The lowest BCUT2D eigenvalue weighted by molar-refractivity contribution is -0.136. The summed E-state index contributed by atoms with van der Waals surface area (Å²) >= 11 is 0. The van der Waals surface area contributed by atoms with Crippen molar-refractivity contribution in [3.63, 3.8) is 0 Å². The van der Waals surface area contributed by atoms with Crippen LogP contribution in [-0.2, 0) is 10.3 Å². The Morgan fingerprint density at radius 2 is 1.70 bits per heavy atom. The number of hydrogen-bond acceptors (Lipinski definition) is 2. The first kappa shape index (κ1) is 15.5. The third-order valence-corrected chi connectivity index (χ3v) is 4.40. The van der Waals surface area contributed by atoms with Crippen molar-refractivity contribution >= 4 is 11.6 Å². The van der Waals surface area contributed by atoms with Crippen LogP contribution in [0.3, 0.4) is 0 Å². The maximum atomic E-state index is 12.6. The van der Waals surface area contributed by atoms with E-state index in [1.807, 2.05) is 43.3 Å². The molecule has 0 fully saturated rings. The number of hydrazone groups is 1. The first-order valence-corrected chi connectivity index (χ1v) is 8.16. The Bertz CT molecular complexity index is 709. The average Bonchev–Trinajstić information content (AvgIpc) is 2.96. The molecule has 0 saturated carbocycles. The highest BCUT2D eigenvalue weighted by Gasteiger charge is 2.43. The van der Waals surface area contributed by atoms with Gasteiger partial charge >= 0.3 is 0 Å². The molecule has 3 nitrogen and oxygen atoms in total. The van der Waals surface area contributed by atoms with Gasteiger partial charge in [-0.15, -0.1) is 0 Å². The maximum absolute atomic E-state index is 12.6. The molecule has 0 bridgehead atoms. The third-order valence-electron chi connectivity index (χ3n) is 4.40. The summed E-state index contributed by atoms with van der Waals surface area (Å²) < 4.78 is 0. The molecule has 23 heavy (non-hydrogen) atoms. The van der Waals surface area contributed by atoms with Crippen molar-refractivity contribution in [1.82, 2.24) is 5.01 Å². The minimum absolute atomic E-state index is 0.0878. The largest absolute Gasteiger partial charge is 0.273 e. The molecule has 1 heterocycles. The number of carbonyl (C=O) groups excluding carboxylic acids is 1. The number of carbonyl (C=O) groups is 1. The molecule has 0 N–H and O–H groups in total. The highest BCUT2D eigenvalue weighted by molar-refractivity contribution is 6.03. The summed E-state index contributed by atoms with van der Waals surface area (Å²) in [4.78, 5) is 12.6. The fourth-order valence-electron chi connectivity index (χ4n) is 3.13.